The fourth-order valence-corrected chi connectivity index (χ4v) is 6.21. The van der Waals surface area contributed by atoms with Crippen LogP contribution in [0.15, 0.2) is 30.3 Å². The molecule has 2 aromatic carbocycles. The van der Waals surface area contributed by atoms with Gasteiger partial charge in [-0.05, 0) is 110 Å². The molecule has 1 atom stereocenters. The molecular weight excluding hydrogens is 398 g/mol. The van der Waals surface area contributed by atoms with Crippen LogP contribution in [0.5, 0.6) is 0 Å². The van der Waals surface area contributed by atoms with Gasteiger partial charge in [-0.15, -0.1) is 0 Å². The number of hydrogen-bond acceptors (Lipinski definition) is 0. The van der Waals surface area contributed by atoms with Gasteiger partial charge in [0.2, 0.25) is 0 Å². The molecule has 2 aliphatic carbocycles. The van der Waals surface area contributed by atoms with Crippen LogP contribution in [-0.4, -0.2) is 0 Å². The van der Waals surface area contributed by atoms with Gasteiger partial charge in [0.05, 0.1) is 0 Å². The second-order valence-corrected chi connectivity index (χ2v) is 10.4. The maximum Gasteiger partial charge on any atom is 0.129 e. The third-order valence-electron chi connectivity index (χ3n) is 8.09. The highest BCUT2D eigenvalue weighted by atomic mass is 19.1. The van der Waals surface area contributed by atoms with E-state index in [1.54, 1.807) is 12.1 Å². The smallest absolute Gasteiger partial charge is 0.129 e. The van der Waals surface area contributed by atoms with E-state index in [9.17, 15) is 0 Å². The highest BCUT2D eigenvalue weighted by Gasteiger charge is 2.28. The zero-order valence-electron chi connectivity index (χ0n) is 20.1. The summed E-state index contributed by atoms with van der Waals surface area (Å²) in [5, 5.41) is 0. The fraction of sp³-hybridized carbons (Fsp3) is 0.600. The van der Waals surface area contributed by atoms with Crippen molar-refractivity contribution in [2.75, 3.05) is 0 Å². The van der Waals surface area contributed by atoms with E-state index in [0.29, 0.717) is 11.5 Å². The number of halogens is 2. The SMILES string of the molecule is CCCCCc1ccc2c(c1)CCC(c1c(F)cc(C3CCC(CCC)CC3)cc1F)C2. The van der Waals surface area contributed by atoms with Gasteiger partial charge in [-0.2, -0.15) is 0 Å². The first kappa shape index (κ1) is 23.5. The van der Waals surface area contributed by atoms with Crippen LogP contribution in [0.1, 0.15) is 118 Å². The fourth-order valence-electron chi connectivity index (χ4n) is 6.21. The van der Waals surface area contributed by atoms with Crippen molar-refractivity contribution in [1.29, 1.82) is 0 Å². The monoisotopic (exact) mass is 438 g/mol. The average Bonchev–Trinajstić information content (AvgIpc) is 2.79. The van der Waals surface area contributed by atoms with Gasteiger partial charge in [-0.1, -0.05) is 57.7 Å². The first-order valence-corrected chi connectivity index (χ1v) is 13.2. The first-order chi connectivity index (χ1) is 15.6. The van der Waals surface area contributed by atoms with E-state index in [4.69, 9.17) is 0 Å². The molecule has 0 aromatic heterocycles. The summed E-state index contributed by atoms with van der Waals surface area (Å²) in [6.07, 6.45) is 14.4. The number of benzene rings is 2. The molecule has 2 aliphatic rings. The molecular formula is C30H40F2. The van der Waals surface area contributed by atoms with Crippen molar-refractivity contribution in [1.82, 2.24) is 0 Å². The summed E-state index contributed by atoms with van der Waals surface area (Å²) in [6, 6.07) is 10.1. The molecule has 0 radical (unpaired) electrons. The first-order valence-electron chi connectivity index (χ1n) is 13.2. The number of rotatable bonds is 8. The van der Waals surface area contributed by atoms with E-state index >= 15 is 8.78 Å². The Bertz CT molecular complexity index is 869. The minimum atomic E-state index is -0.319. The van der Waals surface area contributed by atoms with Crippen molar-refractivity contribution < 1.29 is 8.78 Å². The molecule has 2 aromatic rings. The Kier molecular flexibility index (Phi) is 8.02. The van der Waals surface area contributed by atoms with Crippen molar-refractivity contribution in [3.8, 4) is 0 Å². The molecule has 4 rings (SSSR count). The number of aryl methyl sites for hydroxylation is 2. The maximum atomic E-state index is 15.2. The van der Waals surface area contributed by atoms with E-state index in [1.165, 1.54) is 61.6 Å². The second kappa shape index (κ2) is 10.9. The van der Waals surface area contributed by atoms with Crippen molar-refractivity contribution in [2.45, 2.75) is 109 Å². The summed E-state index contributed by atoms with van der Waals surface area (Å²) >= 11 is 0. The van der Waals surface area contributed by atoms with E-state index in [0.717, 1.165) is 50.0 Å². The Balaban J connectivity index is 1.44. The number of fused-ring (bicyclic) bond motifs is 1. The normalized spacial score (nSPS) is 23.2. The Morgan fingerprint density at radius 3 is 2.22 bits per heavy atom. The van der Waals surface area contributed by atoms with Crippen molar-refractivity contribution >= 4 is 0 Å². The van der Waals surface area contributed by atoms with Crippen LogP contribution in [0.25, 0.3) is 0 Å². The highest BCUT2D eigenvalue weighted by Crippen LogP contribution is 2.41. The molecule has 0 heterocycles. The predicted octanol–water partition coefficient (Wildman–Crippen LogP) is 9.04. The molecule has 32 heavy (non-hydrogen) atoms. The van der Waals surface area contributed by atoms with Crippen LogP contribution in [-0.2, 0) is 19.3 Å². The van der Waals surface area contributed by atoms with Crippen molar-refractivity contribution in [2.24, 2.45) is 5.92 Å². The highest BCUT2D eigenvalue weighted by molar-refractivity contribution is 5.39. The quantitative estimate of drug-likeness (QED) is 0.361. The summed E-state index contributed by atoms with van der Waals surface area (Å²) < 4.78 is 30.4. The lowest BCUT2D eigenvalue weighted by Gasteiger charge is -2.30. The van der Waals surface area contributed by atoms with Crippen LogP contribution < -0.4 is 0 Å². The van der Waals surface area contributed by atoms with E-state index in [-0.39, 0.29) is 17.6 Å². The largest absolute Gasteiger partial charge is 0.207 e. The molecule has 1 saturated carbocycles. The summed E-state index contributed by atoms with van der Waals surface area (Å²) in [7, 11) is 0. The van der Waals surface area contributed by atoms with Gasteiger partial charge in [0.1, 0.15) is 11.6 Å². The van der Waals surface area contributed by atoms with Crippen molar-refractivity contribution in [3.63, 3.8) is 0 Å². The molecule has 1 unspecified atom stereocenters. The molecule has 0 spiro atoms. The zero-order valence-corrected chi connectivity index (χ0v) is 20.1. The molecule has 0 nitrogen and oxygen atoms in total. The van der Waals surface area contributed by atoms with Gasteiger partial charge in [0, 0.05) is 5.56 Å². The van der Waals surface area contributed by atoms with Crippen LogP contribution in [0, 0.1) is 17.6 Å². The molecule has 0 N–H and O–H groups in total. The molecule has 2 heteroatoms. The minimum Gasteiger partial charge on any atom is -0.207 e. The Hall–Kier alpha value is -1.70. The molecule has 0 amide bonds. The molecule has 0 bridgehead atoms. The molecule has 0 aliphatic heterocycles. The van der Waals surface area contributed by atoms with E-state index in [2.05, 4.69) is 32.0 Å². The van der Waals surface area contributed by atoms with Crippen LogP contribution in [0.2, 0.25) is 0 Å². The van der Waals surface area contributed by atoms with Gasteiger partial charge in [-0.25, -0.2) is 8.78 Å². The molecule has 0 saturated heterocycles. The standard InChI is InChI=1S/C30H40F2/c1-3-5-6-8-22-11-14-25-18-26(16-15-24(25)17-22)30-28(31)19-27(20-29(30)32)23-12-9-21(7-4-2)10-13-23/h11,14,17,19-21,23,26H,3-10,12-13,15-16,18H2,1-2H3. The van der Waals surface area contributed by atoms with Gasteiger partial charge in [-0.3, -0.25) is 0 Å². The second-order valence-electron chi connectivity index (χ2n) is 10.4. The minimum absolute atomic E-state index is 0.0530. The average molecular weight is 439 g/mol. The topological polar surface area (TPSA) is 0 Å². The molecule has 174 valence electrons. The van der Waals surface area contributed by atoms with Gasteiger partial charge in [0.25, 0.3) is 0 Å². The third kappa shape index (κ3) is 5.43. The van der Waals surface area contributed by atoms with Crippen LogP contribution >= 0.6 is 0 Å². The van der Waals surface area contributed by atoms with E-state index in [1.807, 2.05) is 0 Å². The van der Waals surface area contributed by atoms with Crippen molar-refractivity contribution in [3.05, 3.63) is 69.8 Å². The summed E-state index contributed by atoms with van der Waals surface area (Å²) in [5.74, 6) is 0.433. The van der Waals surface area contributed by atoms with Gasteiger partial charge in [0.15, 0.2) is 0 Å². The lowest BCUT2D eigenvalue weighted by molar-refractivity contribution is 0.307. The van der Waals surface area contributed by atoms with Gasteiger partial charge < -0.3 is 0 Å². The Labute approximate surface area is 193 Å². The lowest BCUT2D eigenvalue weighted by Crippen LogP contribution is -2.17. The predicted molar refractivity (Wildman–Crippen MR) is 130 cm³/mol. The lowest BCUT2D eigenvalue weighted by atomic mass is 9.76. The summed E-state index contributed by atoms with van der Waals surface area (Å²) in [5.41, 5.74) is 5.28. The third-order valence-corrected chi connectivity index (χ3v) is 8.09. The molecule has 1 fully saturated rings. The van der Waals surface area contributed by atoms with Crippen LogP contribution in [0.4, 0.5) is 8.78 Å². The summed E-state index contributed by atoms with van der Waals surface area (Å²) in [4.78, 5) is 0. The van der Waals surface area contributed by atoms with E-state index < -0.39 is 0 Å². The Morgan fingerprint density at radius 2 is 1.53 bits per heavy atom. The number of hydrogen-bond donors (Lipinski definition) is 0. The van der Waals surface area contributed by atoms with Crippen LogP contribution in [0.3, 0.4) is 0 Å². The Morgan fingerprint density at radius 1 is 0.781 bits per heavy atom. The van der Waals surface area contributed by atoms with Gasteiger partial charge >= 0.3 is 0 Å². The maximum absolute atomic E-state index is 15.2. The summed E-state index contributed by atoms with van der Waals surface area (Å²) in [6.45, 7) is 4.47. The zero-order chi connectivity index (χ0) is 22.5. The number of unbranched alkanes of at least 4 members (excludes halogenated alkanes) is 2.